The van der Waals surface area contributed by atoms with Gasteiger partial charge in [-0.15, -0.1) is 0 Å². The quantitative estimate of drug-likeness (QED) is 0.652. The molecule has 3 N–H and O–H groups in total. The number of benzene rings is 2. The lowest BCUT2D eigenvalue weighted by molar-refractivity contribution is 0.0948. The zero-order chi connectivity index (χ0) is 21.3. The van der Waals surface area contributed by atoms with E-state index in [2.05, 4.69) is 10.6 Å². The summed E-state index contributed by atoms with van der Waals surface area (Å²) in [5.41, 5.74) is 2.06. The third kappa shape index (κ3) is 3.77. The number of hydrogen-bond donors (Lipinski definition) is 3. The highest BCUT2D eigenvalue weighted by molar-refractivity contribution is 6.02. The number of ether oxygens (including phenoxy) is 1. The van der Waals surface area contributed by atoms with Crippen molar-refractivity contribution in [2.24, 2.45) is 5.92 Å². The average Bonchev–Trinajstić information content (AvgIpc) is 3.38. The van der Waals surface area contributed by atoms with Crippen LogP contribution in [0.3, 0.4) is 0 Å². The molecule has 2 aromatic carbocycles. The van der Waals surface area contributed by atoms with Gasteiger partial charge in [0.25, 0.3) is 11.8 Å². The van der Waals surface area contributed by atoms with Gasteiger partial charge in [-0.2, -0.15) is 0 Å². The van der Waals surface area contributed by atoms with Crippen LogP contribution in [0.25, 0.3) is 0 Å². The average molecular weight is 412 g/mol. The molecule has 6 nitrogen and oxygen atoms in total. The van der Waals surface area contributed by atoms with E-state index in [0.29, 0.717) is 23.3 Å². The molecule has 1 aliphatic heterocycles. The van der Waals surface area contributed by atoms with Gasteiger partial charge in [-0.1, -0.05) is 30.3 Å². The van der Waals surface area contributed by atoms with Gasteiger partial charge in [0.15, 0.2) is 0 Å². The Kier molecular flexibility index (Phi) is 5.72. The van der Waals surface area contributed by atoms with Crippen LogP contribution >= 0.6 is 0 Å². The molecule has 1 fully saturated rings. The molecule has 0 bridgehead atoms. The summed E-state index contributed by atoms with van der Waals surface area (Å²) in [6.07, 6.45) is 0.724. The van der Waals surface area contributed by atoms with Crippen LogP contribution < -0.4 is 15.4 Å². The van der Waals surface area contributed by atoms with E-state index >= 15 is 0 Å². The molecular weight excluding hydrogens is 387 g/mol. The fraction of sp³-hybridized carbons (Fsp3) is 0.391. The first-order chi connectivity index (χ1) is 14.6. The number of fused-ring (bicyclic) bond motifs is 1. The minimum Gasteiger partial charge on any atom is -0.486 e. The molecule has 1 aliphatic carbocycles. The monoisotopic (exact) mass is 412 g/mol. The molecule has 2 aromatic rings. The van der Waals surface area contributed by atoms with Gasteiger partial charge in [-0.3, -0.25) is 9.59 Å². The van der Waals surface area contributed by atoms with Crippen LogP contribution in [0, 0.1) is 5.92 Å². The van der Waals surface area contributed by atoms with Crippen LogP contribution in [-0.4, -0.2) is 49.4 Å². The maximum absolute atomic E-state index is 13.8. The highest BCUT2D eigenvalue weighted by Gasteiger charge is 2.40. The highest BCUT2D eigenvalue weighted by Crippen LogP contribution is 2.45. The molecule has 0 unspecified atom stereocenters. The van der Waals surface area contributed by atoms with E-state index in [9.17, 15) is 14.0 Å². The summed E-state index contributed by atoms with van der Waals surface area (Å²) in [6, 6.07) is 12.6. The first-order valence-corrected chi connectivity index (χ1v) is 10.2. The van der Waals surface area contributed by atoms with Crippen molar-refractivity contribution in [3.05, 3.63) is 64.7 Å². The van der Waals surface area contributed by atoms with E-state index in [1.165, 1.54) is 13.1 Å². The van der Waals surface area contributed by atoms with Crippen molar-refractivity contribution in [3.8, 4) is 5.75 Å². The Balaban J connectivity index is 1.72. The van der Waals surface area contributed by atoms with Crippen LogP contribution in [0.2, 0.25) is 0 Å². The molecule has 4 rings (SSSR count). The first-order valence-electron chi connectivity index (χ1n) is 10.2. The molecule has 2 amide bonds. The van der Waals surface area contributed by atoms with Crippen LogP contribution in [0.4, 0.5) is 4.39 Å². The van der Waals surface area contributed by atoms with Crippen molar-refractivity contribution in [2.75, 3.05) is 20.3 Å². The van der Waals surface area contributed by atoms with E-state index < -0.39 is 24.6 Å². The largest absolute Gasteiger partial charge is 0.486 e. The lowest BCUT2D eigenvalue weighted by Gasteiger charge is -2.16. The number of alkyl halides is 1. The summed E-state index contributed by atoms with van der Waals surface area (Å²) in [5.74, 6) is -0.485. The topological polar surface area (TPSA) is 87.7 Å². The van der Waals surface area contributed by atoms with Gasteiger partial charge in [-0.05, 0) is 36.5 Å². The number of halogens is 1. The van der Waals surface area contributed by atoms with Crippen molar-refractivity contribution in [1.29, 1.82) is 0 Å². The third-order valence-corrected chi connectivity index (χ3v) is 5.88. The van der Waals surface area contributed by atoms with Gasteiger partial charge in [0.1, 0.15) is 18.5 Å². The number of aliphatic hydroxyl groups is 1. The van der Waals surface area contributed by atoms with Crippen LogP contribution in [0.1, 0.15) is 50.6 Å². The molecule has 0 saturated heterocycles. The molecule has 0 spiro atoms. The summed E-state index contributed by atoms with van der Waals surface area (Å²) in [7, 11) is 1.50. The number of amides is 2. The Morgan fingerprint density at radius 3 is 2.63 bits per heavy atom. The summed E-state index contributed by atoms with van der Waals surface area (Å²) >= 11 is 0. The number of carbonyl (C=O) groups excluding carboxylic acids is 2. The summed E-state index contributed by atoms with van der Waals surface area (Å²) < 4.78 is 19.7. The fourth-order valence-electron chi connectivity index (χ4n) is 4.20. The van der Waals surface area contributed by atoms with E-state index in [1.54, 1.807) is 6.07 Å². The van der Waals surface area contributed by atoms with Gasteiger partial charge >= 0.3 is 0 Å². The number of rotatable bonds is 7. The maximum atomic E-state index is 13.8. The smallest absolute Gasteiger partial charge is 0.254 e. The summed E-state index contributed by atoms with van der Waals surface area (Å²) in [5, 5.41) is 14.6. The Hall–Kier alpha value is -2.93. The minimum atomic E-state index is -0.763. The number of aliphatic hydroxyl groups excluding tert-OH is 1. The van der Waals surface area contributed by atoms with E-state index in [-0.39, 0.29) is 30.0 Å². The molecule has 7 heteroatoms. The lowest BCUT2D eigenvalue weighted by atomic mass is 9.86. The van der Waals surface area contributed by atoms with Crippen LogP contribution in [0.15, 0.2) is 42.5 Å². The van der Waals surface area contributed by atoms with Gasteiger partial charge in [-0.25, -0.2) is 4.39 Å². The van der Waals surface area contributed by atoms with Gasteiger partial charge in [0, 0.05) is 30.8 Å². The Labute approximate surface area is 174 Å². The van der Waals surface area contributed by atoms with Gasteiger partial charge in [0.2, 0.25) is 0 Å². The number of nitrogens with one attached hydrogen (secondary N) is 2. The second-order valence-electron chi connectivity index (χ2n) is 7.81. The minimum absolute atomic E-state index is 0.0288. The van der Waals surface area contributed by atoms with Crippen molar-refractivity contribution in [3.63, 3.8) is 0 Å². The van der Waals surface area contributed by atoms with E-state index in [1.807, 2.05) is 30.3 Å². The van der Waals surface area contributed by atoms with E-state index in [0.717, 1.165) is 12.0 Å². The van der Waals surface area contributed by atoms with Crippen molar-refractivity contribution >= 4 is 11.8 Å². The van der Waals surface area contributed by atoms with Crippen LogP contribution in [0.5, 0.6) is 5.75 Å². The van der Waals surface area contributed by atoms with Crippen molar-refractivity contribution < 1.29 is 23.8 Å². The molecular formula is C23H25FN2O4. The Morgan fingerprint density at radius 2 is 1.97 bits per heavy atom. The summed E-state index contributed by atoms with van der Waals surface area (Å²) in [4.78, 5) is 25.4. The normalized spacial score (nSPS) is 24.0. The SMILES string of the molecule is CNC(=O)c1cc(C(=O)N[C@@H]2C[C@H]2CCO)cc2c1O[C@@H](CF)[C@@H]2c1ccccc1. The molecule has 158 valence electrons. The molecule has 30 heavy (non-hydrogen) atoms. The number of hydrogen-bond acceptors (Lipinski definition) is 4. The maximum Gasteiger partial charge on any atom is 0.254 e. The standard InChI is InChI=1S/C23H25FN2O4/c1-25-23(29)17-10-15(22(28)26-18-11-14(18)7-8-27)9-16-20(13-5-3-2-4-6-13)19(12-24)30-21(16)17/h2-6,9-10,14,18-20,27H,7-8,11-12H2,1H3,(H,25,29)(H,26,28)/t14-,18-,19+,20-/m1/s1. The molecule has 2 aliphatic rings. The zero-order valence-corrected chi connectivity index (χ0v) is 16.7. The predicted molar refractivity (Wildman–Crippen MR) is 110 cm³/mol. The number of carbonyl (C=O) groups is 2. The molecule has 1 heterocycles. The second-order valence-corrected chi connectivity index (χ2v) is 7.81. The van der Waals surface area contributed by atoms with Gasteiger partial charge in [0.05, 0.1) is 11.5 Å². The Morgan fingerprint density at radius 1 is 1.20 bits per heavy atom. The molecule has 0 aromatic heterocycles. The van der Waals surface area contributed by atoms with Gasteiger partial charge < -0.3 is 20.5 Å². The second kappa shape index (κ2) is 8.44. The zero-order valence-electron chi connectivity index (χ0n) is 16.7. The predicted octanol–water partition coefficient (Wildman–Crippen LogP) is 2.41. The first kappa shape index (κ1) is 20.3. The molecule has 0 radical (unpaired) electrons. The van der Waals surface area contributed by atoms with Crippen molar-refractivity contribution in [1.82, 2.24) is 10.6 Å². The van der Waals surface area contributed by atoms with Crippen LogP contribution in [-0.2, 0) is 0 Å². The highest BCUT2D eigenvalue weighted by atomic mass is 19.1. The van der Waals surface area contributed by atoms with E-state index in [4.69, 9.17) is 9.84 Å². The lowest BCUT2D eigenvalue weighted by Crippen LogP contribution is -2.28. The van der Waals surface area contributed by atoms with Crippen molar-refractivity contribution in [2.45, 2.75) is 30.9 Å². The third-order valence-electron chi connectivity index (χ3n) is 5.88. The molecule has 1 saturated carbocycles. The summed E-state index contributed by atoms with van der Waals surface area (Å²) in [6.45, 7) is -0.620. The fourth-order valence-corrected chi connectivity index (χ4v) is 4.20. The molecule has 4 atom stereocenters. The Bertz CT molecular complexity index is 950.